The van der Waals surface area contributed by atoms with E-state index in [1.807, 2.05) is 6.92 Å². The molecule has 1 unspecified atom stereocenters. The van der Waals surface area contributed by atoms with Crippen LogP contribution >= 0.6 is 11.6 Å². The van der Waals surface area contributed by atoms with Gasteiger partial charge in [-0.2, -0.15) is 0 Å². The molecule has 0 bridgehead atoms. The molecule has 1 amide bonds. The summed E-state index contributed by atoms with van der Waals surface area (Å²) in [5.74, 6) is -1.47. The zero-order chi connectivity index (χ0) is 15.1. The number of carboxylic acids is 1. The Morgan fingerprint density at radius 3 is 2.75 bits per heavy atom. The summed E-state index contributed by atoms with van der Waals surface area (Å²) in [4.78, 5) is 22.8. The number of hydrogen-bond acceptors (Lipinski definition) is 3. The Hall–Kier alpha value is -1.85. The molecule has 108 valence electrons. The van der Waals surface area contributed by atoms with Gasteiger partial charge >= 0.3 is 5.97 Å². The molecule has 0 aliphatic heterocycles. The van der Waals surface area contributed by atoms with Gasteiger partial charge in [0, 0.05) is 17.3 Å². The van der Waals surface area contributed by atoms with Crippen LogP contribution in [0.3, 0.4) is 0 Å². The van der Waals surface area contributed by atoms with Crippen LogP contribution in [0, 0.1) is 6.92 Å². The first-order valence-electron chi connectivity index (χ1n) is 6.07. The highest BCUT2D eigenvalue weighted by Gasteiger charge is 2.20. The van der Waals surface area contributed by atoms with Crippen molar-refractivity contribution in [2.45, 2.75) is 19.4 Å². The molecule has 0 heterocycles. The minimum absolute atomic E-state index is 0.172. The van der Waals surface area contributed by atoms with E-state index < -0.39 is 17.9 Å². The fourth-order valence-electron chi connectivity index (χ4n) is 1.54. The molecule has 1 rings (SSSR count). The Labute approximate surface area is 122 Å². The summed E-state index contributed by atoms with van der Waals surface area (Å²) in [5.41, 5.74) is 1.44. The average molecular weight is 297 g/mol. The van der Waals surface area contributed by atoms with E-state index in [0.29, 0.717) is 17.3 Å². The summed E-state index contributed by atoms with van der Waals surface area (Å²) in [5, 5.41) is 14.9. The molecule has 0 spiro atoms. The third-order valence-corrected chi connectivity index (χ3v) is 3.06. The molecule has 3 N–H and O–H groups in total. The molecule has 5 nitrogen and oxygen atoms in total. The number of rotatable bonds is 7. The number of carbonyl (C=O) groups is 2. The molecule has 6 heteroatoms. The molecule has 1 aromatic carbocycles. The van der Waals surface area contributed by atoms with Gasteiger partial charge in [-0.3, -0.25) is 9.59 Å². The van der Waals surface area contributed by atoms with Gasteiger partial charge in [-0.25, -0.2) is 0 Å². The number of aryl methyl sites for hydroxylation is 1. The van der Waals surface area contributed by atoms with E-state index in [9.17, 15) is 9.59 Å². The number of anilines is 1. The van der Waals surface area contributed by atoms with Gasteiger partial charge in [0.1, 0.15) is 6.04 Å². The highest BCUT2D eigenvalue weighted by Crippen LogP contribution is 2.20. The normalized spacial score (nSPS) is 11.7. The number of aliphatic carboxylic acids is 1. The third kappa shape index (κ3) is 5.03. The van der Waals surface area contributed by atoms with Crippen LogP contribution in [0.15, 0.2) is 30.9 Å². The van der Waals surface area contributed by atoms with Gasteiger partial charge in [-0.1, -0.05) is 23.7 Å². The quantitative estimate of drug-likeness (QED) is 0.674. The molecule has 1 atom stereocenters. The molecule has 0 aliphatic carbocycles. The van der Waals surface area contributed by atoms with Crippen LogP contribution in [0.2, 0.25) is 5.02 Å². The van der Waals surface area contributed by atoms with E-state index in [-0.39, 0.29) is 6.42 Å². The van der Waals surface area contributed by atoms with Gasteiger partial charge < -0.3 is 15.7 Å². The Bertz CT molecular complexity index is 517. The SMILES string of the molecule is C=CCNC(CC(=O)Nc1ccc(C)c(Cl)c1)C(=O)O. The van der Waals surface area contributed by atoms with Crippen molar-refractivity contribution in [2.75, 3.05) is 11.9 Å². The van der Waals surface area contributed by atoms with Crippen molar-refractivity contribution >= 4 is 29.2 Å². The van der Waals surface area contributed by atoms with E-state index >= 15 is 0 Å². The molecule has 0 radical (unpaired) electrons. The summed E-state index contributed by atoms with van der Waals surface area (Å²) < 4.78 is 0. The van der Waals surface area contributed by atoms with Crippen LogP contribution < -0.4 is 10.6 Å². The molecule has 0 aromatic heterocycles. The maximum Gasteiger partial charge on any atom is 0.321 e. The molecule has 0 saturated carbocycles. The Morgan fingerprint density at radius 2 is 2.20 bits per heavy atom. The smallest absolute Gasteiger partial charge is 0.321 e. The Morgan fingerprint density at radius 1 is 1.50 bits per heavy atom. The molecule has 0 saturated heterocycles. The van der Waals surface area contributed by atoms with Crippen LogP contribution in [-0.4, -0.2) is 29.6 Å². The number of carboxylic acid groups (broad SMARTS) is 1. The molecule has 0 fully saturated rings. The van der Waals surface area contributed by atoms with Crippen molar-refractivity contribution in [3.05, 3.63) is 41.4 Å². The molecular weight excluding hydrogens is 280 g/mol. The zero-order valence-electron chi connectivity index (χ0n) is 11.1. The van der Waals surface area contributed by atoms with Gasteiger partial charge in [0.05, 0.1) is 6.42 Å². The highest BCUT2D eigenvalue weighted by molar-refractivity contribution is 6.31. The molecule has 0 aliphatic rings. The van der Waals surface area contributed by atoms with Crippen LogP contribution in [0.4, 0.5) is 5.69 Å². The van der Waals surface area contributed by atoms with E-state index in [2.05, 4.69) is 17.2 Å². The minimum Gasteiger partial charge on any atom is -0.480 e. The number of benzene rings is 1. The Balaban J connectivity index is 2.62. The van der Waals surface area contributed by atoms with Crippen molar-refractivity contribution in [2.24, 2.45) is 0 Å². The van der Waals surface area contributed by atoms with Gasteiger partial charge in [-0.15, -0.1) is 6.58 Å². The number of nitrogens with one attached hydrogen (secondary N) is 2. The van der Waals surface area contributed by atoms with Gasteiger partial charge in [0.2, 0.25) is 5.91 Å². The lowest BCUT2D eigenvalue weighted by Crippen LogP contribution is -2.39. The maximum absolute atomic E-state index is 11.8. The van der Waals surface area contributed by atoms with Crippen molar-refractivity contribution in [3.8, 4) is 0 Å². The van der Waals surface area contributed by atoms with E-state index in [1.165, 1.54) is 6.08 Å². The summed E-state index contributed by atoms with van der Waals surface area (Å²) >= 11 is 5.95. The summed E-state index contributed by atoms with van der Waals surface area (Å²) in [7, 11) is 0. The fraction of sp³-hybridized carbons (Fsp3) is 0.286. The predicted molar refractivity (Wildman–Crippen MR) is 79.1 cm³/mol. The number of hydrogen-bond donors (Lipinski definition) is 3. The van der Waals surface area contributed by atoms with Gasteiger partial charge in [-0.05, 0) is 24.6 Å². The van der Waals surface area contributed by atoms with Crippen molar-refractivity contribution < 1.29 is 14.7 Å². The first-order valence-corrected chi connectivity index (χ1v) is 6.45. The predicted octanol–water partition coefficient (Wildman–Crippen LogP) is 2.21. The van der Waals surface area contributed by atoms with Crippen molar-refractivity contribution in [3.63, 3.8) is 0 Å². The van der Waals surface area contributed by atoms with E-state index in [0.717, 1.165) is 5.56 Å². The molecular formula is C14H17ClN2O3. The number of carbonyl (C=O) groups excluding carboxylic acids is 1. The van der Waals surface area contributed by atoms with Crippen molar-refractivity contribution in [1.29, 1.82) is 0 Å². The van der Waals surface area contributed by atoms with Crippen LogP contribution in [0.1, 0.15) is 12.0 Å². The van der Waals surface area contributed by atoms with Gasteiger partial charge in [0.25, 0.3) is 0 Å². The average Bonchev–Trinajstić information content (AvgIpc) is 2.38. The maximum atomic E-state index is 11.8. The highest BCUT2D eigenvalue weighted by atomic mass is 35.5. The summed E-state index contributed by atoms with van der Waals surface area (Å²) in [6.45, 7) is 5.66. The lowest BCUT2D eigenvalue weighted by Gasteiger charge is -2.13. The van der Waals surface area contributed by atoms with Crippen LogP contribution in [0.5, 0.6) is 0 Å². The third-order valence-electron chi connectivity index (χ3n) is 2.65. The largest absolute Gasteiger partial charge is 0.480 e. The van der Waals surface area contributed by atoms with E-state index in [4.69, 9.17) is 16.7 Å². The lowest BCUT2D eigenvalue weighted by atomic mass is 10.2. The van der Waals surface area contributed by atoms with Crippen LogP contribution in [-0.2, 0) is 9.59 Å². The number of amides is 1. The first kappa shape index (κ1) is 16.2. The second-order valence-electron chi connectivity index (χ2n) is 4.30. The molecule has 1 aromatic rings. The number of halogens is 1. The second-order valence-corrected chi connectivity index (χ2v) is 4.71. The summed E-state index contributed by atoms with van der Waals surface area (Å²) in [6.07, 6.45) is 1.36. The zero-order valence-corrected chi connectivity index (χ0v) is 11.9. The lowest BCUT2D eigenvalue weighted by molar-refractivity contribution is -0.140. The van der Waals surface area contributed by atoms with E-state index in [1.54, 1.807) is 18.2 Å². The monoisotopic (exact) mass is 296 g/mol. The standard InChI is InChI=1S/C14H17ClN2O3/c1-3-6-16-12(14(19)20)8-13(18)17-10-5-4-9(2)11(15)7-10/h3-5,7,12,16H,1,6,8H2,2H3,(H,17,18)(H,19,20). The Kier molecular flexibility index (Phi) is 6.21. The second kappa shape index (κ2) is 7.67. The van der Waals surface area contributed by atoms with Crippen LogP contribution in [0.25, 0.3) is 0 Å². The summed E-state index contributed by atoms with van der Waals surface area (Å²) in [6, 6.07) is 4.17. The fourth-order valence-corrected chi connectivity index (χ4v) is 1.72. The van der Waals surface area contributed by atoms with Crippen molar-refractivity contribution in [1.82, 2.24) is 5.32 Å². The first-order chi connectivity index (χ1) is 9.43. The van der Waals surface area contributed by atoms with Gasteiger partial charge in [0.15, 0.2) is 0 Å². The molecule has 20 heavy (non-hydrogen) atoms. The topological polar surface area (TPSA) is 78.4 Å². The minimum atomic E-state index is -1.08.